The van der Waals surface area contributed by atoms with Gasteiger partial charge in [0.05, 0.1) is 5.39 Å². The van der Waals surface area contributed by atoms with Crippen molar-refractivity contribution in [3.8, 4) is 0 Å². The second kappa shape index (κ2) is 6.54. The smallest absolute Gasteiger partial charge is 0.142 e. The van der Waals surface area contributed by atoms with E-state index in [0.29, 0.717) is 18.0 Å². The summed E-state index contributed by atoms with van der Waals surface area (Å²) in [5.74, 6) is 1.80. The van der Waals surface area contributed by atoms with Crippen molar-refractivity contribution in [2.75, 3.05) is 24.5 Å². The van der Waals surface area contributed by atoms with E-state index in [0.717, 1.165) is 29.9 Å². The number of allylic oxidation sites excluding steroid dienone is 2. The van der Waals surface area contributed by atoms with Gasteiger partial charge in [-0.3, -0.25) is 4.90 Å². The SMILES string of the molecule is CC1CCN(CC2=CCCC=C2)C2CCN(c3ncnc4[nH]ccc34)C12. The summed E-state index contributed by atoms with van der Waals surface area (Å²) >= 11 is 0. The molecular weight excluding hydrogens is 322 g/mol. The van der Waals surface area contributed by atoms with Crippen molar-refractivity contribution in [3.63, 3.8) is 0 Å². The van der Waals surface area contributed by atoms with Crippen LogP contribution >= 0.6 is 0 Å². The number of nitrogens with zero attached hydrogens (tertiary/aromatic N) is 4. The molecule has 1 aliphatic carbocycles. The zero-order valence-electron chi connectivity index (χ0n) is 15.4. The fraction of sp³-hybridized carbons (Fsp3) is 0.524. The quantitative estimate of drug-likeness (QED) is 0.921. The van der Waals surface area contributed by atoms with Crippen molar-refractivity contribution in [1.82, 2.24) is 19.9 Å². The van der Waals surface area contributed by atoms with Crippen LogP contribution in [0.1, 0.15) is 32.6 Å². The third-order valence-corrected chi connectivity index (χ3v) is 6.41. The molecule has 5 rings (SSSR count). The first-order valence-electron chi connectivity index (χ1n) is 9.95. The van der Waals surface area contributed by atoms with Gasteiger partial charge in [-0.2, -0.15) is 0 Å². The molecule has 1 N–H and O–H groups in total. The van der Waals surface area contributed by atoms with Crippen molar-refractivity contribution in [1.29, 1.82) is 0 Å². The maximum atomic E-state index is 4.68. The highest BCUT2D eigenvalue weighted by Crippen LogP contribution is 2.38. The molecule has 0 amide bonds. The van der Waals surface area contributed by atoms with Gasteiger partial charge in [0.2, 0.25) is 0 Å². The lowest BCUT2D eigenvalue weighted by atomic mass is 9.86. The Morgan fingerprint density at radius 3 is 3.04 bits per heavy atom. The lowest BCUT2D eigenvalue weighted by molar-refractivity contribution is 0.122. The first-order chi connectivity index (χ1) is 12.8. The third-order valence-electron chi connectivity index (χ3n) is 6.41. The molecule has 26 heavy (non-hydrogen) atoms. The lowest BCUT2D eigenvalue weighted by Crippen LogP contribution is -2.54. The van der Waals surface area contributed by atoms with Crippen LogP contribution < -0.4 is 4.90 Å². The van der Waals surface area contributed by atoms with Gasteiger partial charge in [0.1, 0.15) is 17.8 Å². The zero-order chi connectivity index (χ0) is 17.5. The van der Waals surface area contributed by atoms with Crippen molar-refractivity contribution in [2.45, 2.75) is 44.7 Å². The number of anilines is 1. The van der Waals surface area contributed by atoms with E-state index in [2.05, 4.69) is 56.0 Å². The molecule has 2 fully saturated rings. The number of fused-ring (bicyclic) bond motifs is 2. The molecule has 2 aliphatic heterocycles. The number of hydrogen-bond donors (Lipinski definition) is 1. The van der Waals surface area contributed by atoms with Crippen LogP contribution in [0.15, 0.2) is 42.4 Å². The summed E-state index contributed by atoms with van der Waals surface area (Å²) in [6.07, 6.45) is 15.6. The van der Waals surface area contributed by atoms with Gasteiger partial charge >= 0.3 is 0 Å². The Kier molecular flexibility index (Phi) is 4.04. The van der Waals surface area contributed by atoms with Gasteiger partial charge in [0, 0.05) is 31.4 Å². The molecule has 4 heterocycles. The second-order valence-electron chi connectivity index (χ2n) is 7.97. The molecule has 5 heteroatoms. The Hall–Kier alpha value is -2.14. The van der Waals surface area contributed by atoms with E-state index < -0.39 is 0 Å². The van der Waals surface area contributed by atoms with Crippen LogP contribution in [-0.4, -0.2) is 51.6 Å². The molecule has 3 aliphatic rings. The molecule has 3 unspecified atom stereocenters. The number of piperidine rings is 1. The fourth-order valence-electron chi connectivity index (χ4n) is 5.14. The van der Waals surface area contributed by atoms with E-state index in [1.54, 1.807) is 6.33 Å². The number of H-pyrrole nitrogens is 1. The highest BCUT2D eigenvalue weighted by atomic mass is 15.3. The normalized spacial score (nSPS) is 29.2. The van der Waals surface area contributed by atoms with E-state index in [-0.39, 0.29) is 0 Å². The molecule has 2 aromatic heterocycles. The summed E-state index contributed by atoms with van der Waals surface area (Å²) in [5.41, 5.74) is 2.44. The molecule has 2 saturated heterocycles. The van der Waals surface area contributed by atoms with Crippen LogP contribution in [0.3, 0.4) is 0 Å². The summed E-state index contributed by atoms with van der Waals surface area (Å²) in [5, 5.41) is 1.15. The lowest BCUT2D eigenvalue weighted by Gasteiger charge is -2.44. The monoisotopic (exact) mass is 349 g/mol. The second-order valence-corrected chi connectivity index (χ2v) is 7.97. The standard InChI is InChI=1S/C21H27N5/c1-15-8-11-25(13-16-5-3-2-4-6-16)18-9-12-26(19(15)18)21-17-7-10-22-20(17)23-14-24-21/h3,5-7,10,14-15,18-19H,2,4,8-9,11-13H2,1H3,(H,22,23,24). The van der Waals surface area contributed by atoms with E-state index in [4.69, 9.17) is 0 Å². The number of aromatic amines is 1. The average Bonchev–Trinajstić information content (AvgIpc) is 3.32. The van der Waals surface area contributed by atoms with Crippen molar-refractivity contribution in [3.05, 3.63) is 42.4 Å². The Bertz CT molecular complexity index is 851. The fourth-order valence-corrected chi connectivity index (χ4v) is 5.14. The van der Waals surface area contributed by atoms with Crippen LogP contribution in [-0.2, 0) is 0 Å². The van der Waals surface area contributed by atoms with E-state index >= 15 is 0 Å². The maximum absolute atomic E-state index is 4.68. The molecular formula is C21H27N5. The molecule has 0 radical (unpaired) electrons. The number of rotatable bonds is 3. The molecule has 136 valence electrons. The van der Waals surface area contributed by atoms with Gasteiger partial charge in [-0.15, -0.1) is 0 Å². The van der Waals surface area contributed by atoms with Gasteiger partial charge in [-0.05, 0) is 49.8 Å². The van der Waals surface area contributed by atoms with Gasteiger partial charge in [0.15, 0.2) is 0 Å². The Morgan fingerprint density at radius 1 is 1.19 bits per heavy atom. The average molecular weight is 349 g/mol. The Labute approximate surface area is 154 Å². The van der Waals surface area contributed by atoms with Crippen LogP contribution in [0.25, 0.3) is 11.0 Å². The number of likely N-dealkylation sites (tertiary alicyclic amines) is 1. The third kappa shape index (κ3) is 2.65. The zero-order valence-corrected chi connectivity index (χ0v) is 15.4. The highest BCUT2D eigenvalue weighted by Gasteiger charge is 2.44. The molecule has 5 nitrogen and oxygen atoms in total. The molecule has 0 aromatic carbocycles. The summed E-state index contributed by atoms with van der Waals surface area (Å²) < 4.78 is 0. The molecule has 2 aromatic rings. The van der Waals surface area contributed by atoms with Gasteiger partial charge in [-0.1, -0.05) is 25.2 Å². The van der Waals surface area contributed by atoms with E-state index in [1.807, 2.05) is 6.20 Å². The largest absolute Gasteiger partial charge is 0.351 e. The van der Waals surface area contributed by atoms with Gasteiger partial charge < -0.3 is 9.88 Å². The van der Waals surface area contributed by atoms with Crippen LogP contribution in [0.2, 0.25) is 0 Å². The molecule has 0 saturated carbocycles. The predicted octanol–water partition coefficient (Wildman–Crippen LogP) is 3.52. The Balaban J connectivity index is 1.43. The minimum absolute atomic E-state index is 0.546. The first-order valence-corrected chi connectivity index (χ1v) is 9.95. The van der Waals surface area contributed by atoms with Crippen molar-refractivity contribution in [2.24, 2.45) is 5.92 Å². The highest BCUT2D eigenvalue weighted by molar-refractivity contribution is 5.87. The molecule has 0 bridgehead atoms. The Morgan fingerprint density at radius 2 is 2.15 bits per heavy atom. The molecule has 3 atom stereocenters. The van der Waals surface area contributed by atoms with E-state index in [1.165, 1.54) is 37.8 Å². The van der Waals surface area contributed by atoms with Crippen LogP contribution in [0, 0.1) is 5.92 Å². The van der Waals surface area contributed by atoms with Gasteiger partial charge in [0.25, 0.3) is 0 Å². The summed E-state index contributed by atoms with van der Waals surface area (Å²) in [6, 6.07) is 3.28. The van der Waals surface area contributed by atoms with Crippen LogP contribution in [0.5, 0.6) is 0 Å². The number of nitrogens with one attached hydrogen (secondary N) is 1. The maximum Gasteiger partial charge on any atom is 0.142 e. The first kappa shape index (κ1) is 16.1. The van der Waals surface area contributed by atoms with Crippen molar-refractivity contribution < 1.29 is 0 Å². The minimum atomic E-state index is 0.546. The van der Waals surface area contributed by atoms with Crippen molar-refractivity contribution >= 4 is 16.9 Å². The molecule has 0 spiro atoms. The summed E-state index contributed by atoms with van der Waals surface area (Å²) in [4.78, 5) is 17.6. The minimum Gasteiger partial charge on any atom is -0.351 e. The van der Waals surface area contributed by atoms with Crippen LogP contribution in [0.4, 0.5) is 5.82 Å². The van der Waals surface area contributed by atoms with Gasteiger partial charge in [-0.25, -0.2) is 9.97 Å². The predicted molar refractivity (Wildman–Crippen MR) is 105 cm³/mol. The topological polar surface area (TPSA) is 48.1 Å². The van der Waals surface area contributed by atoms with E-state index in [9.17, 15) is 0 Å². The summed E-state index contributed by atoms with van der Waals surface area (Å²) in [7, 11) is 0. The number of aromatic nitrogens is 3. The summed E-state index contributed by atoms with van der Waals surface area (Å²) in [6.45, 7) is 5.82. The number of hydrogen-bond acceptors (Lipinski definition) is 4.